The Morgan fingerprint density at radius 2 is 1.75 bits per heavy atom. The first-order valence-corrected chi connectivity index (χ1v) is 15.9. The molecule has 0 radical (unpaired) electrons. The Labute approximate surface area is 254 Å². The molecule has 0 aliphatic carbocycles. The summed E-state index contributed by atoms with van der Waals surface area (Å²) in [5.74, 6) is 0.340. The molecule has 1 fully saturated rings. The number of nitrogen functional groups attached to an aromatic ring is 1. The Balaban J connectivity index is 1.34. The highest BCUT2D eigenvalue weighted by Crippen LogP contribution is 2.31. The minimum Gasteiger partial charge on any atom is -0.383 e. The number of hydrogen-bond donors (Lipinski definition) is 3. The first kappa shape index (κ1) is 28.0. The number of hydrogen-bond acceptors (Lipinski definition) is 8. The number of aromatic nitrogens is 5. The molecule has 3 aromatic carbocycles. The normalized spacial score (nSPS) is 14.5. The number of H-pyrrole nitrogens is 1. The number of anilines is 1. The van der Waals surface area contributed by atoms with Crippen LogP contribution in [0.1, 0.15) is 33.0 Å². The Kier molecular flexibility index (Phi) is 6.84. The van der Waals surface area contributed by atoms with Gasteiger partial charge in [-0.1, -0.05) is 29.8 Å². The van der Waals surface area contributed by atoms with Crippen molar-refractivity contribution in [3.63, 3.8) is 0 Å². The van der Waals surface area contributed by atoms with Crippen LogP contribution in [0.5, 0.6) is 0 Å². The van der Waals surface area contributed by atoms with E-state index in [2.05, 4.69) is 25.3 Å². The second kappa shape index (κ2) is 10.7. The molecule has 3 aromatic heterocycles. The molecule has 0 unspecified atom stereocenters. The lowest BCUT2D eigenvalue weighted by molar-refractivity contribution is 0.103. The van der Waals surface area contributed by atoms with E-state index in [1.807, 2.05) is 50.2 Å². The second-order valence-electron chi connectivity index (χ2n) is 11.2. The number of carbonyl (C=O) groups is 1. The molecule has 224 valence electrons. The fourth-order valence-corrected chi connectivity index (χ4v) is 7.31. The predicted molar refractivity (Wildman–Crippen MR) is 170 cm³/mol. The smallest absolute Gasteiger partial charge is 0.268 e. The van der Waals surface area contributed by atoms with E-state index in [0.717, 1.165) is 58.1 Å². The zero-order valence-electron chi connectivity index (χ0n) is 24.4. The number of benzene rings is 3. The van der Waals surface area contributed by atoms with Crippen LogP contribution in [0.25, 0.3) is 27.6 Å². The Morgan fingerprint density at radius 1 is 0.977 bits per heavy atom. The topological polar surface area (TPSA) is 144 Å². The summed E-state index contributed by atoms with van der Waals surface area (Å²) in [6, 6.07) is 19.5. The van der Waals surface area contributed by atoms with Crippen molar-refractivity contribution >= 4 is 43.6 Å². The monoisotopic (exact) mass is 608 g/mol. The summed E-state index contributed by atoms with van der Waals surface area (Å²) < 4.78 is 31.1. The molecule has 44 heavy (non-hydrogen) atoms. The summed E-state index contributed by atoms with van der Waals surface area (Å²) in [4.78, 5) is 24.3. The Hall–Kier alpha value is -4.78. The largest absolute Gasteiger partial charge is 0.383 e. The van der Waals surface area contributed by atoms with E-state index in [-0.39, 0.29) is 22.0 Å². The van der Waals surface area contributed by atoms with E-state index in [0.29, 0.717) is 23.1 Å². The highest BCUT2D eigenvalue weighted by Gasteiger charge is 2.29. The lowest BCUT2D eigenvalue weighted by Crippen LogP contribution is -2.42. The molecule has 1 saturated heterocycles. The predicted octanol–water partition coefficient (Wildman–Crippen LogP) is 3.78. The highest BCUT2D eigenvalue weighted by atomic mass is 32.2. The first-order valence-electron chi connectivity index (χ1n) is 14.4. The van der Waals surface area contributed by atoms with Crippen LogP contribution in [0.15, 0.2) is 77.8 Å². The molecule has 11 nitrogen and oxygen atoms in total. The molecule has 7 rings (SSSR count). The van der Waals surface area contributed by atoms with Gasteiger partial charge in [0.2, 0.25) is 5.78 Å². The number of fused-ring (bicyclic) bond motifs is 2. The van der Waals surface area contributed by atoms with Gasteiger partial charge in [0.25, 0.3) is 10.0 Å². The standard InChI is InChI=1S/C32H32N8O3S/c1-20-3-8-25(9-4-20)44(42,43)40-29-15-22(19-38-13-11-34-12-14-38)5-6-23(29)16-30(40)31(41)26-18-35-39(32(26)33)24-7-10-27-28(17-24)37-21(2)36-27/h3-10,15-18,34H,11-14,19,33H2,1-2H3,(H,36,37). The number of nitrogens with one attached hydrogen (secondary N) is 2. The average Bonchev–Trinajstić information content (AvgIpc) is 3.71. The third-order valence-corrected chi connectivity index (χ3v) is 9.85. The van der Waals surface area contributed by atoms with Crippen molar-refractivity contribution in [2.45, 2.75) is 25.3 Å². The van der Waals surface area contributed by atoms with Gasteiger partial charge >= 0.3 is 0 Å². The van der Waals surface area contributed by atoms with Crippen molar-refractivity contribution < 1.29 is 13.2 Å². The fraction of sp³-hybridized carbons (Fsp3) is 0.219. The molecule has 0 saturated carbocycles. The number of aryl methyl sites for hydroxylation is 2. The van der Waals surface area contributed by atoms with Crippen LogP contribution >= 0.6 is 0 Å². The van der Waals surface area contributed by atoms with Crippen molar-refractivity contribution in [3.05, 3.63) is 101 Å². The molecule has 0 amide bonds. The van der Waals surface area contributed by atoms with Crippen molar-refractivity contribution in [3.8, 4) is 5.69 Å². The van der Waals surface area contributed by atoms with Crippen LogP contribution in [-0.4, -0.2) is 69.0 Å². The number of aromatic amines is 1. The minimum atomic E-state index is -4.16. The quantitative estimate of drug-likeness (QED) is 0.232. The molecule has 6 aromatic rings. The van der Waals surface area contributed by atoms with E-state index in [4.69, 9.17) is 5.73 Å². The van der Waals surface area contributed by atoms with Crippen LogP contribution in [0, 0.1) is 13.8 Å². The van der Waals surface area contributed by atoms with Gasteiger partial charge in [0.15, 0.2) is 0 Å². The number of ketones is 1. The lowest BCUT2D eigenvalue weighted by atomic mass is 10.1. The molecule has 4 N–H and O–H groups in total. The van der Waals surface area contributed by atoms with Gasteiger partial charge in [-0.2, -0.15) is 5.10 Å². The maximum absolute atomic E-state index is 14.2. The third-order valence-electron chi connectivity index (χ3n) is 8.11. The van der Waals surface area contributed by atoms with E-state index in [1.54, 1.807) is 30.3 Å². The maximum Gasteiger partial charge on any atom is 0.268 e. The van der Waals surface area contributed by atoms with Gasteiger partial charge in [-0.05, 0) is 61.9 Å². The van der Waals surface area contributed by atoms with Gasteiger partial charge in [0, 0.05) is 38.1 Å². The molecule has 0 bridgehead atoms. The van der Waals surface area contributed by atoms with Gasteiger partial charge in [-0.25, -0.2) is 22.1 Å². The van der Waals surface area contributed by atoms with Gasteiger partial charge in [-0.3, -0.25) is 9.69 Å². The van der Waals surface area contributed by atoms with E-state index < -0.39 is 15.8 Å². The van der Waals surface area contributed by atoms with Gasteiger partial charge in [-0.15, -0.1) is 0 Å². The van der Waals surface area contributed by atoms with E-state index >= 15 is 0 Å². The van der Waals surface area contributed by atoms with Crippen molar-refractivity contribution in [1.29, 1.82) is 0 Å². The fourth-order valence-electron chi connectivity index (χ4n) is 5.81. The highest BCUT2D eigenvalue weighted by molar-refractivity contribution is 7.90. The van der Waals surface area contributed by atoms with Crippen LogP contribution in [-0.2, 0) is 16.6 Å². The summed E-state index contributed by atoms with van der Waals surface area (Å²) in [6.07, 6.45) is 1.38. The Bertz CT molecular complexity index is 2150. The van der Waals surface area contributed by atoms with Crippen molar-refractivity contribution in [2.75, 3.05) is 31.9 Å². The number of rotatable bonds is 7. The summed E-state index contributed by atoms with van der Waals surface area (Å²) >= 11 is 0. The van der Waals surface area contributed by atoms with Crippen LogP contribution in [0.3, 0.4) is 0 Å². The zero-order valence-corrected chi connectivity index (χ0v) is 25.2. The van der Waals surface area contributed by atoms with Crippen LogP contribution in [0.4, 0.5) is 5.82 Å². The Morgan fingerprint density at radius 3 is 2.52 bits per heavy atom. The summed E-state index contributed by atoms with van der Waals surface area (Å²) in [5.41, 5.74) is 11.2. The van der Waals surface area contributed by atoms with E-state index in [9.17, 15) is 13.2 Å². The second-order valence-corrected chi connectivity index (χ2v) is 13.0. The van der Waals surface area contributed by atoms with Gasteiger partial charge in [0.1, 0.15) is 17.3 Å². The molecule has 12 heteroatoms. The van der Waals surface area contributed by atoms with Gasteiger partial charge < -0.3 is 16.0 Å². The number of piperazine rings is 1. The minimum absolute atomic E-state index is 0.00970. The van der Waals surface area contributed by atoms with Crippen LogP contribution in [0.2, 0.25) is 0 Å². The molecule has 1 aliphatic rings. The van der Waals surface area contributed by atoms with Crippen molar-refractivity contribution in [1.82, 2.24) is 33.9 Å². The van der Waals surface area contributed by atoms with E-state index in [1.165, 1.54) is 10.9 Å². The zero-order chi connectivity index (χ0) is 30.6. The number of carbonyl (C=O) groups excluding carboxylic acids is 1. The van der Waals surface area contributed by atoms with Crippen molar-refractivity contribution in [2.24, 2.45) is 0 Å². The summed E-state index contributed by atoms with van der Waals surface area (Å²) in [5, 5.41) is 8.39. The van der Waals surface area contributed by atoms with Gasteiger partial charge in [0.05, 0.1) is 38.9 Å². The molecule has 4 heterocycles. The number of nitrogens with zero attached hydrogens (tertiary/aromatic N) is 5. The lowest BCUT2D eigenvalue weighted by Gasteiger charge is -2.27. The number of nitrogens with two attached hydrogens (primary N) is 1. The first-order chi connectivity index (χ1) is 21.2. The summed E-state index contributed by atoms with van der Waals surface area (Å²) in [6.45, 7) is 8.06. The molecular weight excluding hydrogens is 576 g/mol. The molecule has 0 spiro atoms. The molecular formula is C32H32N8O3S. The summed E-state index contributed by atoms with van der Waals surface area (Å²) in [7, 11) is -4.16. The third kappa shape index (κ3) is 4.86. The number of imidazole rings is 1. The SMILES string of the molecule is Cc1ccc(S(=O)(=O)n2c(C(=O)c3cnn(-c4ccc5[nH]c(C)nc5c4)c3N)cc3ccc(CN4CCNCC4)cc32)cc1. The molecule has 1 aliphatic heterocycles. The average molecular weight is 609 g/mol. The molecule has 0 atom stereocenters. The van der Waals surface area contributed by atoms with Crippen LogP contribution < -0.4 is 11.1 Å². The maximum atomic E-state index is 14.2.